The monoisotopic (exact) mass is 1410 g/mol. The number of hydrogen-bond acceptors (Lipinski definition) is 15. The highest BCUT2D eigenvalue weighted by Crippen LogP contribution is 2.45. The van der Waals surface area contributed by atoms with E-state index >= 15 is 0 Å². The standard InChI is InChI=1S/C77H150O17P2/c1-6-10-13-16-19-21-23-25-27-29-33-37-41-46-51-56-61-75(80)88-67-73(94-77(82)63-58-53-48-43-39-35-31-30-32-36-40-45-49-54-59-70(5)9-4)69-92-96(85,86)90-65-71(78)64-89-95(83,84)91-68-72(66-87-74(79)60-55-50-44-18-15-12-8-3)93-76(81)62-57-52-47-42-38-34-28-26-24-22-20-17-14-11-7-2/h70-73,78H,6-69H2,1-5H3,(H,83,84)(H,85,86)/t70?,71-,72+,73+/m0/s1. The number of aliphatic hydroxyl groups is 1. The Hall–Kier alpha value is -1.94. The minimum Gasteiger partial charge on any atom is -0.462 e. The second kappa shape index (κ2) is 70.1. The number of aliphatic hydroxyl groups excluding tert-OH is 1. The van der Waals surface area contributed by atoms with E-state index in [0.717, 1.165) is 109 Å². The molecule has 0 aromatic rings. The average molecular weight is 1410 g/mol. The van der Waals surface area contributed by atoms with Crippen LogP contribution in [0.3, 0.4) is 0 Å². The zero-order chi connectivity index (χ0) is 70.5. The molecule has 570 valence electrons. The number of unbranched alkanes of at least 4 members (excludes halogenated alkanes) is 48. The molecule has 6 atom stereocenters. The maximum atomic E-state index is 13.1. The molecule has 0 aromatic heterocycles. The van der Waals surface area contributed by atoms with Gasteiger partial charge in [-0.15, -0.1) is 0 Å². The fourth-order valence-electron chi connectivity index (χ4n) is 11.8. The molecule has 0 radical (unpaired) electrons. The molecule has 0 fully saturated rings. The van der Waals surface area contributed by atoms with Crippen molar-refractivity contribution in [3.63, 3.8) is 0 Å². The molecule has 0 aliphatic carbocycles. The van der Waals surface area contributed by atoms with Crippen molar-refractivity contribution in [3.8, 4) is 0 Å². The molecule has 0 bridgehead atoms. The number of phosphoric ester groups is 2. The predicted molar refractivity (Wildman–Crippen MR) is 391 cm³/mol. The van der Waals surface area contributed by atoms with Crippen molar-refractivity contribution in [1.82, 2.24) is 0 Å². The topological polar surface area (TPSA) is 237 Å². The molecule has 0 aromatic carbocycles. The molecule has 3 unspecified atom stereocenters. The van der Waals surface area contributed by atoms with Crippen LogP contribution in [0.25, 0.3) is 0 Å². The Bertz CT molecular complexity index is 1840. The van der Waals surface area contributed by atoms with E-state index in [1.165, 1.54) is 218 Å². The first-order valence-corrected chi connectivity index (χ1v) is 43.2. The summed E-state index contributed by atoms with van der Waals surface area (Å²) >= 11 is 0. The van der Waals surface area contributed by atoms with E-state index in [4.69, 9.17) is 37.0 Å². The predicted octanol–water partition coefficient (Wildman–Crippen LogP) is 22.9. The van der Waals surface area contributed by atoms with E-state index in [2.05, 4.69) is 34.6 Å². The molecule has 0 amide bonds. The Morgan fingerprint density at radius 3 is 0.740 bits per heavy atom. The van der Waals surface area contributed by atoms with Crippen molar-refractivity contribution >= 4 is 39.5 Å². The van der Waals surface area contributed by atoms with Gasteiger partial charge in [0, 0.05) is 25.7 Å². The van der Waals surface area contributed by atoms with Crippen LogP contribution in [0.5, 0.6) is 0 Å². The average Bonchev–Trinajstić information content (AvgIpc) is 1.40. The fourth-order valence-corrected chi connectivity index (χ4v) is 13.4. The number of carbonyl (C=O) groups is 4. The van der Waals surface area contributed by atoms with E-state index in [0.29, 0.717) is 25.7 Å². The van der Waals surface area contributed by atoms with Gasteiger partial charge in [-0.1, -0.05) is 356 Å². The molecule has 0 aliphatic rings. The van der Waals surface area contributed by atoms with Crippen LogP contribution in [-0.2, 0) is 65.4 Å². The first-order chi connectivity index (χ1) is 46.6. The summed E-state index contributed by atoms with van der Waals surface area (Å²) in [7, 11) is -9.91. The highest BCUT2D eigenvalue weighted by molar-refractivity contribution is 7.47. The maximum absolute atomic E-state index is 13.1. The van der Waals surface area contributed by atoms with Crippen molar-refractivity contribution in [3.05, 3.63) is 0 Å². The number of phosphoric acid groups is 2. The van der Waals surface area contributed by atoms with E-state index in [1.54, 1.807) is 0 Å². The molecule has 0 aliphatic heterocycles. The Labute approximate surface area is 588 Å². The molecule has 0 spiro atoms. The van der Waals surface area contributed by atoms with Gasteiger partial charge in [-0.05, 0) is 31.6 Å². The first kappa shape index (κ1) is 94.1. The number of carbonyl (C=O) groups excluding carboxylic acids is 4. The summed E-state index contributed by atoms with van der Waals surface area (Å²) in [6.07, 6.45) is 59.6. The number of esters is 4. The summed E-state index contributed by atoms with van der Waals surface area (Å²) in [6.45, 7) is 7.32. The highest BCUT2D eigenvalue weighted by Gasteiger charge is 2.30. The molecule has 0 heterocycles. The molecule has 19 heteroatoms. The molecular formula is C77H150O17P2. The van der Waals surface area contributed by atoms with Crippen molar-refractivity contribution < 1.29 is 80.2 Å². The third-order valence-electron chi connectivity index (χ3n) is 18.4. The van der Waals surface area contributed by atoms with Gasteiger partial charge in [0.05, 0.1) is 26.4 Å². The lowest BCUT2D eigenvalue weighted by Gasteiger charge is -2.21. The highest BCUT2D eigenvalue weighted by atomic mass is 31.2. The van der Waals surface area contributed by atoms with Crippen molar-refractivity contribution in [1.29, 1.82) is 0 Å². The van der Waals surface area contributed by atoms with Crippen molar-refractivity contribution in [2.45, 2.75) is 425 Å². The SMILES string of the molecule is CCCCCCCCCCCCCCCCCCC(=O)OC[C@H](COP(=O)(O)OC[C@@H](O)COP(=O)(O)OC[C@@H](COC(=O)CCCCCCCCC)OC(=O)CCCCCCCCCCCCCCCCC)OC(=O)CCCCCCCCCCCCCCCCC(C)CC. The minimum atomic E-state index is -4.96. The molecule has 3 N–H and O–H groups in total. The van der Waals surface area contributed by atoms with E-state index in [9.17, 15) is 43.2 Å². The quantitative estimate of drug-likeness (QED) is 0.0222. The van der Waals surface area contributed by atoms with Gasteiger partial charge in [0.15, 0.2) is 12.2 Å². The molecule has 0 rings (SSSR count). The van der Waals surface area contributed by atoms with Crippen LogP contribution in [0.4, 0.5) is 0 Å². The van der Waals surface area contributed by atoms with Gasteiger partial charge in [-0.25, -0.2) is 9.13 Å². The lowest BCUT2D eigenvalue weighted by Crippen LogP contribution is -2.30. The van der Waals surface area contributed by atoms with Gasteiger partial charge >= 0.3 is 39.5 Å². The van der Waals surface area contributed by atoms with E-state index in [1.807, 2.05) is 0 Å². The third-order valence-corrected chi connectivity index (χ3v) is 20.3. The van der Waals surface area contributed by atoms with Gasteiger partial charge in [0.25, 0.3) is 0 Å². The molecule has 96 heavy (non-hydrogen) atoms. The smallest absolute Gasteiger partial charge is 0.462 e. The summed E-state index contributed by atoms with van der Waals surface area (Å²) in [5, 5.41) is 10.6. The Morgan fingerprint density at radius 1 is 0.292 bits per heavy atom. The third kappa shape index (κ3) is 69.2. The summed E-state index contributed by atoms with van der Waals surface area (Å²) < 4.78 is 68.5. The largest absolute Gasteiger partial charge is 0.472 e. The van der Waals surface area contributed by atoms with Gasteiger partial charge in [0.1, 0.15) is 19.3 Å². The number of hydrogen-bond donors (Lipinski definition) is 3. The Kier molecular flexibility index (Phi) is 68.7. The summed E-state index contributed by atoms with van der Waals surface area (Å²) in [5.74, 6) is -1.27. The second-order valence-electron chi connectivity index (χ2n) is 28.0. The van der Waals surface area contributed by atoms with Crippen LogP contribution >= 0.6 is 15.6 Å². The second-order valence-corrected chi connectivity index (χ2v) is 30.9. The Balaban J connectivity index is 5.19. The minimum absolute atomic E-state index is 0.108. The van der Waals surface area contributed by atoms with Gasteiger partial charge in [-0.2, -0.15) is 0 Å². The fraction of sp³-hybridized carbons (Fsp3) is 0.948. The van der Waals surface area contributed by atoms with Crippen LogP contribution in [0.15, 0.2) is 0 Å². The number of ether oxygens (including phenoxy) is 4. The van der Waals surface area contributed by atoms with E-state index < -0.39 is 97.5 Å². The summed E-state index contributed by atoms with van der Waals surface area (Å²) in [6, 6.07) is 0. The zero-order valence-corrected chi connectivity index (χ0v) is 64.3. The number of rotatable bonds is 77. The maximum Gasteiger partial charge on any atom is 0.472 e. The van der Waals surface area contributed by atoms with Gasteiger partial charge < -0.3 is 33.8 Å². The normalized spacial score (nSPS) is 14.2. The molecule has 0 saturated heterocycles. The van der Waals surface area contributed by atoms with Crippen LogP contribution in [0, 0.1) is 5.92 Å². The van der Waals surface area contributed by atoms with Crippen LogP contribution < -0.4 is 0 Å². The lowest BCUT2D eigenvalue weighted by atomic mass is 9.99. The van der Waals surface area contributed by atoms with Crippen LogP contribution in [0.1, 0.15) is 407 Å². The van der Waals surface area contributed by atoms with Gasteiger partial charge in [-0.3, -0.25) is 37.3 Å². The Morgan fingerprint density at radius 2 is 0.500 bits per heavy atom. The summed E-state index contributed by atoms with van der Waals surface area (Å²) in [5.41, 5.74) is 0. The molecule has 17 nitrogen and oxygen atoms in total. The first-order valence-electron chi connectivity index (χ1n) is 40.2. The molecule has 0 saturated carbocycles. The van der Waals surface area contributed by atoms with Crippen molar-refractivity contribution in [2.75, 3.05) is 39.6 Å². The van der Waals surface area contributed by atoms with E-state index in [-0.39, 0.29) is 25.7 Å². The van der Waals surface area contributed by atoms with Gasteiger partial charge in [0.2, 0.25) is 0 Å². The summed E-state index contributed by atoms with van der Waals surface area (Å²) in [4.78, 5) is 72.7. The lowest BCUT2D eigenvalue weighted by molar-refractivity contribution is -0.161. The zero-order valence-electron chi connectivity index (χ0n) is 62.5. The van der Waals surface area contributed by atoms with Crippen LogP contribution in [-0.4, -0.2) is 96.7 Å². The van der Waals surface area contributed by atoms with Crippen molar-refractivity contribution in [2.24, 2.45) is 5.92 Å². The van der Waals surface area contributed by atoms with Crippen LogP contribution in [0.2, 0.25) is 0 Å². The molecular weight excluding hydrogens is 1260 g/mol.